The molecular weight excluding hydrogens is 336 g/mol. The van der Waals surface area contributed by atoms with Crippen LogP contribution in [0.25, 0.3) is 0 Å². The van der Waals surface area contributed by atoms with Crippen LogP contribution >= 0.6 is 0 Å². The summed E-state index contributed by atoms with van der Waals surface area (Å²) in [6.07, 6.45) is -0.773. The molecule has 0 fully saturated rings. The average molecular weight is 356 g/mol. The predicted molar refractivity (Wildman–Crippen MR) is 95.8 cm³/mol. The summed E-state index contributed by atoms with van der Waals surface area (Å²) in [6, 6.07) is 14.3. The molecule has 0 aromatic heterocycles. The van der Waals surface area contributed by atoms with Crippen LogP contribution in [-0.4, -0.2) is 45.2 Å². The summed E-state index contributed by atoms with van der Waals surface area (Å²) in [7, 11) is 3.21. The maximum absolute atomic E-state index is 12.4. The molecular formula is C19H20N2O5. The fraction of sp³-hybridized carbons (Fsp3) is 0.263. The van der Waals surface area contributed by atoms with Gasteiger partial charge in [-0.2, -0.15) is 0 Å². The number of benzene rings is 2. The van der Waals surface area contributed by atoms with Crippen molar-refractivity contribution < 1.29 is 23.8 Å². The SMILES string of the molecule is COc1ccccc1OCC(=O)NCC1Oc2ccccc2N(C)C1=O. The van der Waals surface area contributed by atoms with Crippen molar-refractivity contribution in [3.8, 4) is 17.2 Å². The van der Waals surface area contributed by atoms with Crippen molar-refractivity contribution in [1.29, 1.82) is 0 Å². The molecule has 26 heavy (non-hydrogen) atoms. The quantitative estimate of drug-likeness (QED) is 0.851. The number of nitrogens with one attached hydrogen (secondary N) is 1. The van der Waals surface area contributed by atoms with E-state index in [4.69, 9.17) is 14.2 Å². The van der Waals surface area contributed by atoms with Gasteiger partial charge in [0.1, 0.15) is 5.75 Å². The third-order valence-corrected chi connectivity index (χ3v) is 4.01. The highest BCUT2D eigenvalue weighted by Crippen LogP contribution is 2.32. The molecule has 1 unspecified atom stereocenters. The molecule has 2 aromatic carbocycles. The Bertz CT molecular complexity index is 808. The van der Waals surface area contributed by atoms with Crippen LogP contribution in [-0.2, 0) is 9.59 Å². The van der Waals surface area contributed by atoms with Crippen molar-refractivity contribution in [2.75, 3.05) is 32.2 Å². The number of anilines is 1. The molecule has 136 valence electrons. The molecule has 1 aliphatic rings. The monoisotopic (exact) mass is 356 g/mol. The molecule has 7 nitrogen and oxygen atoms in total. The van der Waals surface area contributed by atoms with E-state index in [1.165, 1.54) is 12.0 Å². The van der Waals surface area contributed by atoms with E-state index in [1.807, 2.05) is 24.3 Å². The highest BCUT2D eigenvalue weighted by molar-refractivity contribution is 5.99. The second-order valence-corrected chi connectivity index (χ2v) is 5.72. The minimum Gasteiger partial charge on any atom is -0.493 e. The summed E-state index contributed by atoms with van der Waals surface area (Å²) in [5.74, 6) is 1.07. The zero-order valence-corrected chi connectivity index (χ0v) is 14.6. The Kier molecular flexibility index (Phi) is 5.26. The maximum atomic E-state index is 12.4. The Morgan fingerprint density at radius 1 is 1.15 bits per heavy atom. The van der Waals surface area contributed by atoms with Gasteiger partial charge in [-0.15, -0.1) is 0 Å². The van der Waals surface area contributed by atoms with Gasteiger partial charge in [0.05, 0.1) is 19.3 Å². The van der Waals surface area contributed by atoms with Crippen molar-refractivity contribution in [2.45, 2.75) is 6.10 Å². The lowest BCUT2D eigenvalue weighted by Crippen LogP contribution is -2.50. The summed E-state index contributed by atoms with van der Waals surface area (Å²) in [5, 5.41) is 2.66. The number of ether oxygens (including phenoxy) is 3. The van der Waals surface area contributed by atoms with Crippen molar-refractivity contribution in [2.24, 2.45) is 0 Å². The van der Waals surface area contributed by atoms with E-state index in [0.717, 1.165) is 0 Å². The molecule has 0 spiro atoms. The molecule has 1 heterocycles. The second kappa shape index (κ2) is 7.77. The van der Waals surface area contributed by atoms with Crippen LogP contribution in [0, 0.1) is 0 Å². The number of likely N-dealkylation sites (N-methyl/N-ethyl adjacent to an activating group) is 1. The van der Waals surface area contributed by atoms with Gasteiger partial charge in [-0.1, -0.05) is 24.3 Å². The van der Waals surface area contributed by atoms with Crippen LogP contribution in [0.2, 0.25) is 0 Å². The summed E-state index contributed by atoms with van der Waals surface area (Å²) in [4.78, 5) is 25.9. The standard InChI is InChI=1S/C19H20N2O5/c1-21-13-7-3-4-8-14(13)26-17(19(21)23)11-20-18(22)12-25-16-10-6-5-9-15(16)24-2/h3-10,17H,11-12H2,1-2H3,(H,20,22). The van der Waals surface area contributed by atoms with Gasteiger partial charge < -0.3 is 24.4 Å². The highest BCUT2D eigenvalue weighted by Gasteiger charge is 2.32. The van der Waals surface area contributed by atoms with E-state index in [0.29, 0.717) is 22.9 Å². The number of nitrogens with zero attached hydrogens (tertiary/aromatic N) is 1. The van der Waals surface area contributed by atoms with Crippen LogP contribution < -0.4 is 24.4 Å². The fourth-order valence-electron chi connectivity index (χ4n) is 2.64. The van der Waals surface area contributed by atoms with Gasteiger partial charge in [0, 0.05) is 7.05 Å². The van der Waals surface area contributed by atoms with Crippen molar-refractivity contribution >= 4 is 17.5 Å². The lowest BCUT2D eigenvalue weighted by molar-refractivity contribution is -0.127. The smallest absolute Gasteiger partial charge is 0.269 e. The van der Waals surface area contributed by atoms with Gasteiger partial charge in [0.2, 0.25) is 0 Å². The van der Waals surface area contributed by atoms with Crippen LogP contribution in [0.1, 0.15) is 0 Å². The minimum atomic E-state index is -0.773. The number of methoxy groups -OCH3 is 1. The first-order valence-electron chi connectivity index (χ1n) is 8.16. The predicted octanol–water partition coefficient (Wildman–Crippen LogP) is 1.61. The van der Waals surface area contributed by atoms with Crippen molar-refractivity contribution in [3.63, 3.8) is 0 Å². The Morgan fingerprint density at radius 2 is 1.85 bits per heavy atom. The Labute approximate surface area is 151 Å². The third kappa shape index (κ3) is 3.72. The molecule has 0 radical (unpaired) electrons. The maximum Gasteiger partial charge on any atom is 0.269 e. The average Bonchev–Trinajstić information content (AvgIpc) is 2.68. The van der Waals surface area contributed by atoms with E-state index >= 15 is 0 Å². The molecule has 2 aromatic rings. The summed E-state index contributed by atoms with van der Waals surface area (Å²) >= 11 is 0. The van der Waals surface area contributed by atoms with Gasteiger partial charge in [-0.25, -0.2) is 0 Å². The van der Waals surface area contributed by atoms with E-state index in [1.54, 1.807) is 31.3 Å². The first-order valence-corrected chi connectivity index (χ1v) is 8.16. The summed E-state index contributed by atoms with van der Waals surface area (Å²) < 4.78 is 16.3. The zero-order chi connectivity index (χ0) is 18.5. The zero-order valence-electron chi connectivity index (χ0n) is 14.6. The lowest BCUT2D eigenvalue weighted by Gasteiger charge is -2.31. The summed E-state index contributed by atoms with van der Waals surface area (Å²) in [6.45, 7) is -0.126. The lowest BCUT2D eigenvalue weighted by atomic mass is 10.2. The topological polar surface area (TPSA) is 77.1 Å². The summed E-state index contributed by atoms with van der Waals surface area (Å²) in [5.41, 5.74) is 0.708. The molecule has 2 amide bonds. The molecule has 1 atom stereocenters. The van der Waals surface area contributed by atoms with Gasteiger partial charge in [-0.3, -0.25) is 9.59 Å². The molecule has 1 N–H and O–H groups in total. The Morgan fingerprint density at radius 3 is 2.62 bits per heavy atom. The van der Waals surface area contributed by atoms with Gasteiger partial charge in [-0.05, 0) is 24.3 Å². The Balaban J connectivity index is 1.54. The number of fused-ring (bicyclic) bond motifs is 1. The molecule has 1 aliphatic heterocycles. The second-order valence-electron chi connectivity index (χ2n) is 5.72. The fourth-order valence-corrected chi connectivity index (χ4v) is 2.64. The highest BCUT2D eigenvalue weighted by atomic mass is 16.5. The van der Waals surface area contributed by atoms with E-state index < -0.39 is 6.10 Å². The molecule has 3 rings (SSSR count). The van der Waals surface area contributed by atoms with E-state index in [2.05, 4.69) is 5.32 Å². The first kappa shape index (κ1) is 17.6. The van der Waals surface area contributed by atoms with E-state index in [9.17, 15) is 9.59 Å². The molecule has 0 saturated heterocycles. The number of hydrogen-bond acceptors (Lipinski definition) is 5. The largest absolute Gasteiger partial charge is 0.493 e. The number of rotatable bonds is 6. The molecule has 0 bridgehead atoms. The van der Waals surface area contributed by atoms with Gasteiger partial charge >= 0.3 is 0 Å². The number of hydrogen-bond donors (Lipinski definition) is 1. The van der Waals surface area contributed by atoms with Crippen molar-refractivity contribution in [3.05, 3.63) is 48.5 Å². The van der Waals surface area contributed by atoms with Gasteiger partial charge in [0.25, 0.3) is 11.8 Å². The molecule has 7 heteroatoms. The number of para-hydroxylation sites is 4. The van der Waals surface area contributed by atoms with Crippen LogP contribution in [0.15, 0.2) is 48.5 Å². The van der Waals surface area contributed by atoms with Crippen LogP contribution in [0.5, 0.6) is 17.2 Å². The van der Waals surface area contributed by atoms with E-state index in [-0.39, 0.29) is 25.0 Å². The van der Waals surface area contributed by atoms with Crippen LogP contribution in [0.4, 0.5) is 5.69 Å². The molecule has 0 saturated carbocycles. The number of amides is 2. The normalized spacial score (nSPS) is 15.7. The molecule has 0 aliphatic carbocycles. The third-order valence-electron chi connectivity index (χ3n) is 4.01. The Hall–Kier alpha value is -3.22. The minimum absolute atomic E-state index is 0.0611. The van der Waals surface area contributed by atoms with Gasteiger partial charge in [0.15, 0.2) is 24.2 Å². The number of carbonyl (C=O) groups excluding carboxylic acids is 2. The first-order chi connectivity index (χ1) is 12.6. The van der Waals surface area contributed by atoms with Crippen LogP contribution in [0.3, 0.4) is 0 Å². The van der Waals surface area contributed by atoms with Crippen molar-refractivity contribution in [1.82, 2.24) is 5.32 Å². The number of carbonyl (C=O) groups is 2.